The molecule has 0 aromatic heterocycles. The van der Waals surface area contributed by atoms with Gasteiger partial charge in [0.15, 0.2) is 14.9 Å². The Kier molecular flexibility index (Phi) is 7.54. The van der Waals surface area contributed by atoms with Crippen LogP contribution in [-0.4, -0.2) is 62.9 Å². The Morgan fingerprint density at radius 3 is 2.62 bits per heavy atom. The first-order valence-corrected chi connectivity index (χ1v) is 10.4. The Hall–Kier alpha value is -1.52. The fourth-order valence-corrected chi connectivity index (χ4v) is 4.85. The third-order valence-corrected chi connectivity index (χ3v) is 6.08. The van der Waals surface area contributed by atoms with Crippen LogP contribution in [-0.2, 0) is 14.6 Å². The number of alkyl halides is 2. The van der Waals surface area contributed by atoms with Gasteiger partial charge in [-0.05, 0) is 49.3 Å². The molecule has 0 amide bonds. The van der Waals surface area contributed by atoms with Gasteiger partial charge in [0.2, 0.25) is 0 Å². The molecule has 1 N–H and O–H groups in total. The summed E-state index contributed by atoms with van der Waals surface area (Å²) in [6, 6.07) is 5.78. The summed E-state index contributed by atoms with van der Waals surface area (Å²) in [6.45, 7) is -1.78. The smallest absolute Gasteiger partial charge is 0.387 e. The number of hydrogen-bond donors (Lipinski definition) is 1. The number of hydrogen-bond acceptors (Lipinski definition) is 5. The molecule has 0 spiro atoms. The van der Waals surface area contributed by atoms with E-state index < -0.39 is 16.4 Å². The highest BCUT2D eigenvalue weighted by Crippen LogP contribution is 2.21. The highest BCUT2D eigenvalue weighted by Gasteiger charge is 2.33. The minimum atomic E-state index is -3.04. The molecule has 0 aliphatic carbocycles. The van der Waals surface area contributed by atoms with Crippen LogP contribution < -0.4 is 10.1 Å². The molecule has 10 heteroatoms. The van der Waals surface area contributed by atoms with Gasteiger partial charge in [0.1, 0.15) is 5.75 Å². The third-order valence-electron chi connectivity index (χ3n) is 3.99. The van der Waals surface area contributed by atoms with Gasteiger partial charge in [0, 0.05) is 32.0 Å². The first-order valence-electron chi connectivity index (χ1n) is 8.12. The van der Waals surface area contributed by atoms with Crippen molar-refractivity contribution >= 4 is 32.9 Å². The lowest BCUT2D eigenvalue weighted by Gasteiger charge is -2.31. The summed E-state index contributed by atoms with van der Waals surface area (Å²) >= 11 is 5.45. The van der Waals surface area contributed by atoms with Crippen LogP contribution in [0.2, 0.25) is 0 Å². The molecule has 0 radical (unpaired) electrons. The van der Waals surface area contributed by atoms with Crippen LogP contribution in [0.4, 0.5) is 14.5 Å². The van der Waals surface area contributed by atoms with Crippen molar-refractivity contribution in [2.24, 2.45) is 0 Å². The highest BCUT2D eigenvalue weighted by molar-refractivity contribution is 7.91. The fraction of sp³-hybridized carbons (Fsp3) is 0.562. The molecule has 6 nitrogen and oxygen atoms in total. The van der Waals surface area contributed by atoms with Crippen LogP contribution >= 0.6 is 12.2 Å². The van der Waals surface area contributed by atoms with E-state index in [0.29, 0.717) is 36.8 Å². The molecule has 1 fully saturated rings. The molecule has 1 aromatic carbocycles. The predicted molar refractivity (Wildman–Crippen MR) is 99.6 cm³/mol. The zero-order chi connectivity index (χ0) is 19.2. The molecule has 0 saturated carbocycles. The first-order chi connectivity index (χ1) is 12.3. The van der Waals surface area contributed by atoms with Crippen molar-refractivity contribution < 1.29 is 26.7 Å². The lowest BCUT2D eigenvalue weighted by Crippen LogP contribution is -2.44. The lowest BCUT2D eigenvalue weighted by molar-refractivity contribution is -0.0498. The summed E-state index contributed by atoms with van der Waals surface area (Å²) in [5, 5.41) is 3.43. The molecule has 26 heavy (non-hydrogen) atoms. The molecule has 1 aliphatic rings. The summed E-state index contributed by atoms with van der Waals surface area (Å²) in [5.41, 5.74) is 0.606. The van der Waals surface area contributed by atoms with E-state index in [4.69, 9.17) is 17.0 Å². The van der Waals surface area contributed by atoms with Gasteiger partial charge < -0.3 is 19.7 Å². The molecule has 1 heterocycles. The van der Waals surface area contributed by atoms with Gasteiger partial charge >= 0.3 is 6.61 Å². The second kappa shape index (κ2) is 9.43. The van der Waals surface area contributed by atoms with E-state index in [2.05, 4.69) is 10.1 Å². The normalized spacial score (nSPS) is 18.7. The quantitative estimate of drug-likeness (QED) is 0.524. The summed E-state index contributed by atoms with van der Waals surface area (Å²) in [6.07, 6.45) is 1.23. The summed E-state index contributed by atoms with van der Waals surface area (Å²) in [7, 11) is -1.44. The van der Waals surface area contributed by atoms with Gasteiger partial charge in [0.25, 0.3) is 0 Å². The van der Waals surface area contributed by atoms with Gasteiger partial charge in [0.05, 0.1) is 11.5 Å². The molecule has 1 atom stereocenters. The summed E-state index contributed by atoms with van der Waals surface area (Å²) in [4.78, 5) is 1.86. The molecule has 0 bridgehead atoms. The number of anilines is 1. The molecule has 1 aliphatic heterocycles. The van der Waals surface area contributed by atoms with Crippen molar-refractivity contribution in [3.63, 3.8) is 0 Å². The largest absolute Gasteiger partial charge is 0.435 e. The molecular weight excluding hydrogens is 386 g/mol. The number of sulfone groups is 1. The third kappa shape index (κ3) is 6.33. The van der Waals surface area contributed by atoms with E-state index in [1.165, 1.54) is 12.1 Å². The maximum Gasteiger partial charge on any atom is 0.387 e. The van der Waals surface area contributed by atoms with E-state index >= 15 is 0 Å². The van der Waals surface area contributed by atoms with Crippen LogP contribution in [0.1, 0.15) is 12.8 Å². The van der Waals surface area contributed by atoms with Crippen molar-refractivity contribution in [1.82, 2.24) is 4.90 Å². The maximum absolute atomic E-state index is 12.2. The second-order valence-corrected chi connectivity index (χ2v) is 8.55. The molecule has 0 unspecified atom stereocenters. The van der Waals surface area contributed by atoms with E-state index in [1.807, 2.05) is 4.90 Å². The number of nitrogens with one attached hydrogen (secondary N) is 1. The zero-order valence-corrected chi connectivity index (χ0v) is 16.0. The highest BCUT2D eigenvalue weighted by atomic mass is 32.2. The van der Waals surface area contributed by atoms with Gasteiger partial charge in [-0.15, -0.1) is 0 Å². The van der Waals surface area contributed by atoms with Gasteiger partial charge in [-0.2, -0.15) is 8.78 Å². The SMILES string of the molecule is COCCCN(C(=S)Nc1ccc(OC(F)F)cc1)[C@H]1CCS(=O)(=O)C1. The Labute approximate surface area is 157 Å². The molecular formula is C16H22F2N2O4S2. The number of rotatable bonds is 8. The monoisotopic (exact) mass is 408 g/mol. The van der Waals surface area contributed by atoms with E-state index in [9.17, 15) is 17.2 Å². The van der Waals surface area contributed by atoms with Crippen LogP contribution in [0.5, 0.6) is 5.75 Å². The number of methoxy groups -OCH3 is 1. The maximum atomic E-state index is 12.2. The van der Waals surface area contributed by atoms with Crippen molar-refractivity contribution in [2.45, 2.75) is 25.5 Å². The topological polar surface area (TPSA) is 67.9 Å². The Morgan fingerprint density at radius 2 is 2.08 bits per heavy atom. The van der Waals surface area contributed by atoms with E-state index in [0.717, 1.165) is 0 Å². The molecule has 1 saturated heterocycles. The fourth-order valence-electron chi connectivity index (χ4n) is 2.77. The first kappa shape index (κ1) is 20.8. The molecule has 2 rings (SSSR count). The number of halogens is 2. The van der Waals surface area contributed by atoms with Crippen LogP contribution in [0, 0.1) is 0 Å². The molecule has 146 valence electrons. The summed E-state index contributed by atoms with van der Waals surface area (Å²) in [5.74, 6) is 0.277. The van der Waals surface area contributed by atoms with Gasteiger partial charge in [-0.25, -0.2) is 8.42 Å². The molecule has 1 aromatic rings. The van der Waals surface area contributed by atoms with Gasteiger partial charge in [-0.3, -0.25) is 0 Å². The minimum Gasteiger partial charge on any atom is -0.435 e. The van der Waals surface area contributed by atoms with Crippen molar-refractivity contribution in [3.05, 3.63) is 24.3 Å². The Bertz CT molecular complexity index is 699. The van der Waals surface area contributed by atoms with Crippen LogP contribution in [0.25, 0.3) is 0 Å². The Morgan fingerprint density at radius 1 is 1.38 bits per heavy atom. The van der Waals surface area contributed by atoms with Crippen molar-refractivity contribution in [2.75, 3.05) is 37.1 Å². The number of nitrogens with zero attached hydrogens (tertiary/aromatic N) is 1. The average Bonchev–Trinajstić information content (AvgIpc) is 2.92. The van der Waals surface area contributed by atoms with Crippen LogP contribution in [0.15, 0.2) is 24.3 Å². The number of benzene rings is 1. The van der Waals surface area contributed by atoms with E-state index in [-0.39, 0.29) is 23.3 Å². The average molecular weight is 408 g/mol. The number of ether oxygens (including phenoxy) is 2. The predicted octanol–water partition coefficient (Wildman–Crippen LogP) is 2.51. The second-order valence-electron chi connectivity index (χ2n) is 5.93. The number of thiocarbonyl (C=S) groups is 1. The lowest BCUT2D eigenvalue weighted by atomic mass is 10.2. The standard InChI is InChI=1S/C16H22F2N2O4S2/c1-23-9-2-8-20(13-7-10-26(21,22)11-13)16(25)19-12-3-5-14(6-4-12)24-15(17)18/h3-6,13,15H,2,7-11H2,1H3,(H,19,25)/t13-/m0/s1. The minimum absolute atomic E-state index is 0.0512. The van der Waals surface area contributed by atoms with Crippen LogP contribution in [0.3, 0.4) is 0 Å². The van der Waals surface area contributed by atoms with E-state index in [1.54, 1.807) is 19.2 Å². The van der Waals surface area contributed by atoms with Crippen molar-refractivity contribution in [3.8, 4) is 5.75 Å². The summed E-state index contributed by atoms with van der Waals surface area (Å²) < 4.78 is 57.3. The van der Waals surface area contributed by atoms with Crippen molar-refractivity contribution in [1.29, 1.82) is 0 Å². The Balaban J connectivity index is 2.03. The zero-order valence-electron chi connectivity index (χ0n) is 14.4. The van der Waals surface area contributed by atoms with Gasteiger partial charge in [-0.1, -0.05) is 0 Å².